The van der Waals surface area contributed by atoms with Gasteiger partial charge < -0.3 is 24.4 Å². The van der Waals surface area contributed by atoms with E-state index in [2.05, 4.69) is 26.6 Å². The van der Waals surface area contributed by atoms with Crippen LogP contribution >= 0.6 is 0 Å². The Labute approximate surface area is 187 Å². The van der Waals surface area contributed by atoms with E-state index in [1.165, 1.54) is 6.07 Å². The number of nitrogens with one attached hydrogen (secondary N) is 1. The van der Waals surface area contributed by atoms with E-state index in [1.54, 1.807) is 6.07 Å². The molecular formula is C22H34F3N3O4. The van der Waals surface area contributed by atoms with Crippen LogP contribution in [0.25, 0.3) is 0 Å². The van der Waals surface area contributed by atoms with Gasteiger partial charge in [-0.25, -0.2) is 0 Å². The van der Waals surface area contributed by atoms with Gasteiger partial charge in [0, 0.05) is 62.6 Å². The van der Waals surface area contributed by atoms with Gasteiger partial charge in [0.05, 0.1) is 13.2 Å². The Morgan fingerprint density at radius 1 is 1.19 bits per heavy atom. The van der Waals surface area contributed by atoms with Crippen LogP contribution in [0.2, 0.25) is 0 Å². The summed E-state index contributed by atoms with van der Waals surface area (Å²) in [5.41, 5.74) is 0.977. The van der Waals surface area contributed by atoms with Gasteiger partial charge >= 0.3 is 6.36 Å². The fraction of sp³-hybridized carbons (Fsp3) is 0.682. The van der Waals surface area contributed by atoms with E-state index >= 15 is 0 Å². The minimum atomic E-state index is -4.70. The van der Waals surface area contributed by atoms with Crippen molar-refractivity contribution in [2.24, 2.45) is 0 Å². The number of nitrogens with zero attached hydrogens (tertiary/aromatic N) is 2. The summed E-state index contributed by atoms with van der Waals surface area (Å²) in [7, 11) is 0. The minimum absolute atomic E-state index is 0.109. The number of carbonyl (C=O) groups excluding carboxylic acids is 1. The number of rotatable bonds is 5. The zero-order valence-corrected chi connectivity index (χ0v) is 19.2. The normalized spacial score (nSPS) is 20.2. The molecule has 2 saturated heterocycles. The lowest BCUT2D eigenvalue weighted by atomic mass is 10.1. The predicted molar refractivity (Wildman–Crippen MR) is 116 cm³/mol. The van der Waals surface area contributed by atoms with Crippen LogP contribution in [-0.4, -0.2) is 75.3 Å². The molecule has 1 N–H and O–H groups in total. The Morgan fingerprint density at radius 3 is 2.41 bits per heavy atom. The molecular weight excluding hydrogens is 427 g/mol. The monoisotopic (exact) mass is 461 g/mol. The zero-order valence-electron chi connectivity index (χ0n) is 19.2. The van der Waals surface area contributed by atoms with Crippen molar-refractivity contribution in [3.05, 3.63) is 23.8 Å². The molecule has 10 heteroatoms. The first-order valence-corrected chi connectivity index (χ1v) is 10.8. The first-order valence-electron chi connectivity index (χ1n) is 10.8. The molecule has 0 amide bonds. The molecule has 7 nitrogen and oxygen atoms in total. The second-order valence-electron chi connectivity index (χ2n) is 8.86. The Hall–Kier alpha value is -2.04. The summed E-state index contributed by atoms with van der Waals surface area (Å²) in [6.07, 6.45) is -4.70. The molecule has 2 heterocycles. The molecule has 32 heavy (non-hydrogen) atoms. The topological polar surface area (TPSA) is 63.3 Å². The summed E-state index contributed by atoms with van der Waals surface area (Å²) >= 11 is 0. The van der Waals surface area contributed by atoms with Gasteiger partial charge in [-0.05, 0) is 33.8 Å². The summed E-state index contributed by atoms with van der Waals surface area (Å²) in [5.74, 6) is -0.109. The maximum atomic E-state index is 12.9. The van der Waals surface area contributed by atoms with Crippen molar-refractivity contribution >= 4 is 12.2 Å². The molecule has 0 aromatic heterocycles. The first kappa shape index (κ1) is 26.2. The maximum absolute atomic E-state index is 12.9. The molecule has 0 spiro atoms. The van der Waals surface area contributed by atoms with Crippen LogP contribution in [0, 0.1) is 0 Å². The summed E-state index contributed by atoms with van der Waals surface area (Å²) in [5, 5.41) is 3.33. The number of alkyl halides is 3. The van der Waals surface area contributed by atoms with Crippen molar-refractivity contribution in [3.63, 3.8) is 0 Å². The molecule has 0 aliphatic carbocycles. The van der Waals surface area contributed by atoms with Gasteiger partial charge in [0.1, 0.15) is 11.4 Å². The molecule has 0 bridgehead atoms. The van der Waals surface area contributed by atoms with Crippen LogP contribution in [0.1, 0.15) is 33.3 Å². The third-order valence-electron chi connectivity index (χ3n) is 4.90. The summed E-state index contributed by atoms with van der Waals surface area (Å²) in [4.78, 5) is 13.8. The number of piperazine rings is 1. The first-order chi connectivity index (χ1) is 15.0. The van der Waals surface area contributed by atoms with Crippen molar-refractivity contribution in [2.45, 2.75) is 52.2 Å². The van der Waals surface area contributed by atoms with Crippen LogP contribution in [0.3, 0.4) is 0 Å². The Kier molecular flexibility index (Phi) is 9.60. The Bertz CT molecular complexity index is 719. The average molecular weight is 462 g/mol. The van der Waals surface area contributed by atoms with Crippen molar-refractivity contribution in [1.82, 2.24) is 10.2 Å². The van der Waals surface area contributed by atoms with Gasteiger partial charge in [-0.2, -0.15) is 0 Å². The third-order valence-corrected chi connectivity index (χ3v) is 4.90. The molecule has 0 unspecified atom stereocenters. The van der Waals surface area contributed by atoms with Gasteiger partial charge in [-0.15, -0.1) is 13.2 Å². The number of morpholine rings is 1. The minimum Gasteiger partial charge on any atom is -0.462 e. The van der Waals surface area contributed by atoms with Crippen LogP contribution in [0.15, 0.2) is 18.2 Å². The molecule has 3 rings (SSSR count). The number of carbonyl (C=O) groups is 1. The molecule has 0 saturated carbocycles. The summed E-state index contributed by atoms with van der Waals surface area (Å²) in [6, 6.07) is 5.45. The van der Waals surface area contributed by atoms with E-state index in [-0.39, 0.29) is 11.4 Å². The van der Waals surface area contributed by atoms with Crippen LogP contribution < -0.4 is 15.0 Å². The van der Waals surface area contributed by atoms with Crippen molar-refractivity contribution in [2.75, 3.05) is 50.8 Å². The highest BCUT2D eigenvalue weighted by Crippen LogP contribution is 2.32. The lowest BCUT2D eigenvalue weighted by Crippen LogP contribution is -2.48. The van der Waals surface area contributed by atoms with Crippen molar-refractivity contribution in [3.8, 4) is 5.75 Å². The lowest BCUT2D eigenvalue weighted by Gasteiger charge is -2.33. The van der Waals surface area contributed by atoms with Gasteiger partial charge in [0.15, 0.2) is 0 Å². The molecule has 1 atom stereocenters. The molecule has 1 aromatic rings. The van der Waals surface area contributed by atoms with Crippen LogP contribution in [0.4, 0.5) is 18.9 Å². The van der Waals surface area contributed by atoms with Crippen LogP contribution in [-0.2, 0) is 20.8 Å². The lowest BCUT2D eigenvalue weighted by molar-refractivity contribution is -0.275. The second-order valence-corrected chi connectivity index (χ2v) is 8.86. The van der Waals surface area contributed by atoms with E-state index < -0.39 is 6.36 Å². The number of hydrogen-bond acceptors (Lipinski definition) is 7. The van der Waals surface area contributed by atoms with Gasteiger partial charge in [-0.3, -0.25) is 9.69 Å². The van der Waals surface area contributed by atoms with Crippen molar-refractivity contribution < 1.29 is 32.2 Å². The average Bonchev–Trinajstić information content (AvgIpc) is 2.68. The highest BCUT2D eigenvalue weighted by molar-refractivity contribution is 5.54. The number of anilines is 1. The Morgan fingerprint density at radius 2 is 1.88 bits per heavy atom. The highest BCUT2D eigenvalue weighted by Gasteiger charge is 2.33. The quantitative estimate of drug-likeness (QED) is 0.676. The maximum Gasteiger partial charge on any atom is 0.573 e. The zero-order chi connectivity index (χ0) is 23.8. The van der Waals surface area contributed by atoms with Gasteiger partial charge in [0.25, 0.3) is 6.47 Å². The molecule has 2 aliphatic heterocycles. The molecule has 1 aromatic carbocycles. The number of ether oxygens (including phenoxy) is 3. The largest absolute Gasteiger partial charge is 0.573 e. The fourth-order valence-electron chi connectivity index (χ4n) is 3.45. The van der Waals surface area contributed by atoms with E-state index in [1.807, 2.05) is 31.7 Å². The van der Waals surface area contributed by atoms with E-state index in [0.717, 1.165) is 25.3 Å². The smallest absolute Gasteiger partial charge is 0.462 e. The second kappa shape index (κ2) is 11.7. The molecule has 2 aliphatic rings. The Balaban J connectivity index is 0.000000451. The SMILES string of the molecule is CC(C)(C)OC=O.C[C@H]1CN(Cc2ccc(N3CCOCC3)cc2OC(F)(F)F)CCN1. The third kappa shape index (κ3) is 9.62. The molecule has 2 fully saturated rings. The standard InChI is InChI=1S/C17H24F3N3O2.C5H10O2/c1-13-11-22(5-4-21-13)12-14-2-3-15(23-6-8-24-9-7-23)10-16(14)25-17(18,19)20;1-5(2,3)7-4-6/h2-3,10,13,21H,4-9,11-12H2,1H3;4H,1-3H3/t13-;/m0./s1. The number of hydrogen-bond donors (Lipinski definition) is 1. The van der Waals surface area contributed by atoms with Gasteiger partial charge in [-0.1, -0.05) is 6.07 Å². The van der Waals surface area contributed by atoms with Crippen LogP contribution in [0.5, 0.6) is 5.75 Å². The van der Waals surface area contributed by atoms with E-state index in [4.69, 9.17) is 4.74 Å². The number of halogens is 3. The van der Waals surface area contributed by atoms with Gasteiger partial charge in [0.2, 0.25) is 0 Å². The summed E-state index contributed by atoms with van der Waals surface area (Å²) in [6.45, 7) is 13.4. The fourth-order valence-corrected chi connectivity index (χ4v) is 3.45. The number of benzene rings is 1. The van der Waals surface area contributed by atoms with E-state index in [9.17, 15) is 18.0 Å². The molecule has 182 valence electrons. The highest BCUT2D eigenvalue weighted by atomic mass is 19.4. The summed E-state index contributed by atoms with van der Waals surface area (Å²) < 4.78 is 52.8. The predicted octanol–water partition coefficient (Wildman–Crippen LogP) is 3.17. The van der Waals surface area contributed by atoms with E-state index in [0.29, 0.717) is 50.9 Å². The molecule has 0 radical (unpaired) electrons. The van der Waals surface area contributed by atoms with Crippen molar-refractivity contribution in [1.29, 1.82) is 0 Å².